The SMILES string of the molecule is COc1ccc(C(C)NCC2(SC)CCC2)cc1Br. The molecule has 0 spiro atoms. The number of hydrogen-bond donors (Lipinski definition) is 1. The highest BCUT2D eigenvalue weighted by Crippen LogP contribution is 2.42. The van der Waals surface area contributed by atoms with Crippen molar-refractivity contribution in [3.05, 3.63) is 28.2 Å². The van der Waals surface area contributed by atoms with Crippen molar-refractivity contribution in [2.75, 3.05) is 19.9 Å². The Balaban J connectivity index is 1.96. The van der Waals surface area contributed by atoms with Gasteiger partial charge in [-0.3, -0.25) is 0 Å². The number of nitrogens with one attached hydrogen (secondary N) is 1. The molecule has 1 saturated carbocycles. The Kier molecular flexibility index (Phi) is 5.21. The molecule has 0 heterocycles. The van der Waals surface area contributed by atoms with Gasteiger partial charge in [-0.15, -0.1) is 0 Å². The summed E-state index contributed by atoms with van der Waals surface area (Å²) in [5.74, 6) is 0.885. The Morgan fingerprint density at radius 3 is 2.68 bits per heavy atom. The third kappa shape index (κ3) is 3.47. The van der Waals surface area contributed by atoms with E-state index in [0.717, 1.165) is 16.8 Å². The van der Waals surface area contributed by atoms with Gasteiger partial charge < -0.3 is 10.1 Å². The van der Waals surface area contributed by atoms with Gasteiger partial charge in [0.15, 0.2) is 0 Å². The lowest BCUT2D eigenvalue weighted by Gasteiger charge is -2.41. The summed E-state index contributed by atoms with van der Waals surface area (Å²) in [6.45, 7) is 3.32. The molecule has 1 aromatic rings. The van der Waals surface area contributed by atoms with Gasteiger partial charge in [-0.2, -0.15) is 11.8 Å². The van der Waals surface area contributed by atoms with Crippen LogP contribution in [0.5, 0.6) is 5.75 Å². The zero-order valence-electron chi connectivity index (χ0n) is 11.8. The van der Waals surface area contributed by atoms with Crippen molar-refractivity contribution in [3.8, 4) is 5.75 Å². The van der Waals surface area contributed by atoms with Crippen LogP contribution in [0.25, 0.3) is 0 Å². The Labute approximate surface area is 128 Å². The molecule has 4 heteroatoms. The third-order valence-electron chi connectivity index (χ3n) is 4.10. The van der Waals surface area contributed by atoms with Crippen molar-refractivity contribution < 1.29 is 4.74 Å². The predicted octanol–water partition coefficient (Wildman–Crippen LogP) is 4.39. The predicted molar refractivity (Wildman–Crippen MR) is 87.2 cm³/mol. The maximum Gasteiger partial charge on any atom is 0.133 e. The van der Waals surface area contributed by atoms with E-state index in [1.807, 2.05) is 17.8 Å². The lowest BCUT2D eigenvalue weighted by molar-refractivity contribution is 0.334. The summed E-state index contributed by atoms with van der Waals surface area (Å²) in [7, 11) is 1.69. The van der Waals surface area contributed by atoms with Crippen LogP contribution >= 0.6 is 27.7 Å². The lowest BCUT2D eigenvalue weighted by atomic mass is 9.84. The summed E-state index contributed by atoms with van der Waals surface area (Å²) in [5.41, 5.74) is 1.29. The Bertz CT molecular complexity index is 429. The van der Waals surface area contributed by atoms with E-state index in [0.29, 0.717) is 10.8 Å². The molecule has 1 atom stereocenters. The monoisotopic (exact) mass is 343 g/mol. The van der Waals surface area contributed by atoms with Crippen LogP contribution < -0.4 is 10.1 Å². The first-order valence-electron chi connectivity index (χ1n) is 6.72. The molecule has 1 unspecified atom stereocenters. The fourth-order valence-electron chi connectivity index (χ4n) is 2.43. The highest BCUT2D eigenvalue weighted by atomic mass is 79.9. The second-order valence-corrected chi connectivity index (χ2v) is 7.37. The lowest BCUT2D eigenvalue weighted by Crippen LogP contribution is -2.43. The maximum atomic E-state index is 5.27. The zero-order chi connectivity index (χ0) is 13.9. The van der Waals surface area contributed by atoms with E-state index in [1.165, 1.54) is 24.8 Å². The van der Waals surface area contributed by atoms with Crippen molar-refractivity contribution >= 4 is 27.7 Å². The second kappa shape index (κ2) is 6.51. The van der Waals surface area contributed by atoms with Crippen molar-refractivity contribution in [2.24, 2.45) is 0 Å². The normalized spacial score (nSPS) is 18.7. The van der Waals surface area contributed by atoms with Crippen LogP contribution in [0.1, 0.15) is 37.8 Å². The average molecular weight is 344 g/mol. The summed E-state index contributed by atoms with van der Waals surface area (Å²) >= 11 is 5.56. The summed E-state index contributed by atoms with van der Waals surface area (Å²) < 4.78 is 6.77. The van der Waals surface area contributed by atoms with E-state index in [1.54, 1.807) is 7.11 Å². The van der Waals surface area contributed by atoms with Crippen molar-refractivity contribution in [1.82, 2.24) is 5.32 Å². The van der Waals surface area contributed by atoms with Crippen LogP contribution in [-0.2, 0) is 0 Å². The molecule has 1 aliphatic rings. The maximum absolute atomic E-state index is 5.27. The topological polar surface area (TPSA) is 21.3 Å². The van der Waals surface area contributed by atoms with E-state index in [4.69, 9.17) is 4.74 Å². The van der Waals surface area contributed by atoms with E-state index < -0.39 is 0 Å². The number of rotatable bonds is 6. The Morgan fingerprint density at radius 1 is 1.47 bits per heavy atom. The third-order valence-corrected chi connectivity index (χ3v) is 6.14. The van der Waals surface area contributed by atoms with Gasteiger partial charge in [-0.25, -0.2) is 0 Å². The van der Waals surface area contributed by atoms with Crippen molar-refractivity contribution in [3.63, 3.8) is 0 Å². The Morgan fingerprint density at radius 2 is 2.21 bits per heavy atom. The van der Waals surface area contributed by atoms with E-state index in [-0.39, 0.29) is 0 Å². The summed E-state index contributed by atoms with van der Waals surface area (Å²) in [6.07, 6.45) is 6.31. The molecule has 0 aliphatic heterocycles. The van der Waals surface area contributed by atoms with Crippen molar-refractivity contribution in [2.45, 2.75) is 37.0 Å². The number of thioether (sulfide) groups is 1. The molecule has 0 radical (unpaired) electrons. The van der Waals surface area contributed by atoms with Gasteiger partial charge in [0.05, 0.1) is 11.6 Å². The molecule has 1 aliphatic carbocycles. The minimum Gasteiger partial charge on any atom is -0.496 e. The zero-order valence-corrected chi connectivity index (χ0v) is 14.2. The largest absolute Gasteiger partial charge is 0.496 e. The van der Waals surface area contributed by atoms with Gasteiger partial charge in [0, 0.05) is 17.3 Å². The standard InChI is InChI=1S/C15H22BrNOS/c1-11(17-10-15(19-3)7-4-8-15)12-5-6-14(18-2)13(16)9-12/h5-6,9,11,17H,4,7-8,10H2,1-3H3. The number of methoxy groups -OCH3 is 1. The highest BCUT2D eigenvalue weighted by molar-refractivity contribution is 9.10. The molecule has 2 nitrogen and oxygen atoms in total. The molecule has 2 rings (SSSR count). The summed E-state index contributed by atoms with van der Waals surface area (Å²) in [4.78, 5) is 0. The molecule has 0 saturated heterocycles. The molecule has 1 fully saturated rings. The number of halogens is 1. The number of hydrogen-bond acceptors (Lipinski definition) is 3. The van der Waals surface area contributed by atoms with E-state index >= 15 is 0 Å². The molecule has 1 aromatic carbocycles. The average Bonchev–Trinajstić information content (AvgIpc) is 2.37. The number of benzene rings is 1. The van der Waals surface area contributed by atoms with Gasteiger partial charge in [0.2, 0.25) is 0 Å². The minimum absolute atomic E-state index is 0.367. The van der Waals surface area contributed by atoms with Gasteiger partial charge in [0.25, 0.3) is 0 Å². The van der Waals surface area contributed by atoms with Crippen molar-refractivity contribution in [1.29, 1.82) is 0 Å². The quantitative estimate of drug-likeness (QED) is 0.827. The number of ether oxygens (including phenoxy) is 1. The van der Waals surface area contributed by atoms with Crippen LogP contribution in [0.3, 0.4) is 0 Å². The molecule has 0 amide bonds. The molecule has 1 N–H and O–H groups in total. The first-order valence-corrected chi connectivity index (χ1v) is 8.74. The van der Waals surface area contributed by atoms with Gasteiger partial charge in [-0.1, -0.05) is 12.5 Å². The van der Waals surface area contributed by atoms with Gasteiger partial charge in [0.1, 0.15) is 5.75 Å². The Hall–Kier alpha value is -0.190. The molecule has 19 heavy (non-hydrogen) atoms. The van der Waals surface area contributed by atoms with Gasteiger partial charge >= 0.3 is 0 Å². The second-order valence-electron chi connectivity index (χ2n) is 5.24. The fourth-order valence-corrected chi connectivity index (χ4v) is 3.92. The first kappa shape index (κ1) is 15.2. The fraction of sp³-hybridized carbons (Fsp3) is 0.600. The van der Waals surface area contributed by atoms with Crippen LogP contribution in [0.2, 0.25) is 0 Å². The minimum atomic E-state index is 0.367. The molecule has 106 valence electrons. The summed E-state index contributed by atoms with van der Waals surface area (Å²) in [6, 6.07) is 6.66. The van der Waals surface area contributed by atoms with E-state index in [2.05, 4.69) is 46.6 Å². The van der Waals surface area contributed by atoms with Gasteiger partial charge in [-0.05, 0) is 59.6 Å². The van der Waals surface area contributed by atoms with E-state index in [9.17, 15) is 0 Å². The van der Waals surface area contributed by atoms with Crippen LogP contribution in [0.4, 0.5) is 0 Å². The van der Waals surface area contributed by atoms with Crippen LogP contribution in [-0.4, -0.2) is 24.7 Å². The van der Waals surface area contributed by atoms with Crippen LogP contribution in [0, 0.1) is 0 Å². The highest BCUT2D eigenvalue weighted by Gasteiger charge is 2.35. The summed E-state index contributed by atoms with van der Waals surface area (Å²) in [5, 5.41) is 3.67. The first-order chi connectivity index (χ1) is 9.10. The molecular formula is C15H22BrNOS. The molecular weight excluding hydrogens is 322 g/mol. The molecule has 0 bridgehead atoms. The smallest absolute Gasteiger partial charge is 0.133 e. The molecule has 0 aromatic heterocycles. The van der Waals surface area contributed by atoms with Crippen LogP contribution in [0.15, 0.2) is 22.7 Å².